The van der Waals surface area contributed by atoms with E-state index in [9.17, 15) is 14.0 Å². The molecule has 9 heteroatoms. The van der Waals surface area contributed by atoms with Crippen molar-refractivity contribution in [1.29, 1.82) is 0 Å². The maximum atomic E-state index is 13.5. The van der Waals surface area contributed by atoms with Crippen LogP contribution in [0, 0.1) is 12.7 Å². The number of hydrogen-bond acceptors (Lipinski definition) is 4. The Morgan fingerprint density at radius 3 is 2.46 bits per heavy atom. The fourth-order valence-corrected chi connectivity index (χ4v) is 4.62. The van der Waals surface area contributed by atoms with Gasteiger partial charge in [-0.25, -0.2) is 9.37 Å². The highest BCUT2D eigenvalue weighted by Gasteiger charge is 2.26. The number of benzene rings is 3. The van der Waals surface area contributed by atoms with Crippen molar-refractivity contribution in [3.63, 3.8) is 0 Å². The van der Waals surface area contributed by atoms with Crippen molar-refractivity contribution >= 4 is 29.4 Å². The van der Waals surface area contributed by atoms with Crippen LogP contribution in [0.1, 0.15) is 28.8 Å². The Bertz CT molecular complexity index is 1450. The second kappa shape index (κ2) is 11.8. The number of aromatic nitrogens is 2. The molecular weight excluding hydrogens is 519 g/mol. The van der Waals surface area contributed by atoms with Crippen LogP contribution < -0.4 is 5.32 Å². The van der Waals surface area contributed by atoms with E-state index in [-0.39, 0.29) is 25.1 Å². The molecule has 7 nitrogen and oxygen atoms in total. The quantitative estimate of drug-likeness (QED) is 0.298. The van der Waals surface area contributed by atoms with Gasteiger partial charge in [0.2, 0.25) is 11.9 Å². The van der Waals surface area contributed by atoms with Crippen LogP contribution in [0.4, 0.5) is 10.3 Å². The van der Waals surface area contributed by atoms with E-state index in [1.807, 2.05) is 49.5 Å². The SMILES string of the molecule is Cc1ccc(-n2cc(-c3ccc(Cl)cc3)nc2NC(=O)CN(C[C@@H]2CCCO2)C(=O)c2ccc(F)cc2)cc1. The molecule has 2 amide bonds. The van der Waals surface area contributed by atoms with Crippen LogP contribution in [-0.2, 0) is 9.53 Å². The molecule has 1 saturated heterocycles. The highest BCUT2D eigenvalue weighted by Crippen LogP contribution is 2.26. The number of hydrogen-bond donors (Lipinski definition) is 1. The van der Waals surface area contributed by atoms with Crippen LogP contribution in [0.5, 0.6) is 0 Å². The van der Waals surface area contributed by atoms with Crippen LogP contribution in [0.2, 0.25) is 5.02 Å². The van der Waals surface area contributed by atoms with Crippen molar-refractivity contribution in [2.45, 2.75) is 25.9 Å². The first kappa shape index (κ1) is 26.6. The molecular formula is C30H28ClFN4O3. The number of anilines is 1. The lowest BCUT2D eigenvalue weighted by Crippen LogP contribution is -2.42. The van der Waals surface area contributed by atoms with Gasteiger partial charge in [-0.1, -0.05) is 41.4 Å². The molecule has 0 bridgehead atoms. The summed E-state index contributed by atoms with van der Waals surface area (Å²) in [4.78, 5) is 32.8. The first-order valence-electron chi connectivity index (χ1n) is 12.7. The third-order valence-corrected chi connectivity index (χ3v) is 6.82. The summed E-state index contributed by atoms with van der Waals surface area (Å²) in [6, 6.07) is 20.4. The number of aryl methyl sites for hydroxylation is 1. The van der Waals surface area contributed by atoms with Crippen molar-refractivity contribution in [2.24, 2.45) is 0 Å². The minimum atomic E-state index is -0.436. The van der Waals surface area contributed by atoms with Gasteiger partial charge < -0.3 is 9.64 Å². The molecule has 0 aliphatic carbocycles. The summed E-state index contributed by atoms with van der Waals surface area (Å²) >= 11 is 6.06. The fourth-order valence-electron chi connectivity index (χ4n) is 4.50. The molecule has 0 unspecified atom stereocenters. The van der Waals surface area contributed by atoms with Gasteiger partial charge >= 0.3 is 0 Å². The van der Waals surface area contributed by atoms with Gasteiger partial charge in [-0.3, -0.25) is 19.5 Å². The van der Waals surface area contributed by atoms with Crippen LogP contribution in [0.25, 0.3) is 16.9 Å². The van der Waals surface area contributed by atoms with E-state index in [2.05, 4.69) is 5.32 Å². The van der Waals surface area contributed by atoms with Gasteiger partial charge in [-0.2, -0.15) is 0 Å². The molecule has 1 aliphatic heterocycles. The average Bonchev–Trinajstić information content (AvgIpc) is 3.59. The fraction of sp³-hybridized carbons (Fsp3) is 0.233. The Kier molecular flexibility index (Phi) is 8.05. The van der Waals surface area contributed by atoms with Crippen molar-refractivity contribution in [3.05, 3.63) is 101 Å². The number of ether oxygens (including phenoxy) is 1. The molecule has 3 aromatic carbocycles. The van der Waals surface area contributed by atoms with Gasteiger partial charge in [0.25, 0.3) is 5.91 Å². The average molecular weight is 547 g/mol. The summed E-state index contributed by atoms with van der Waals surface area (Å²) in [5.41, 5.74) is 3.72. The van der Waals surface area contributed by atoms with Gasteiger partial charge in [-0.05, 0) is 68.3 Å². The van der Waals surface area contributed by atoms with Crippen molar-refractivity contribution in [1.82, 2.24) is 14.5 Å². The summed E-state index contributed by atoms with van der Waals surface area (Å²) < 4.78 is 21.0. The standard InChI is InChI=1S/C30H28ClFN4O3/c1-20-4-14-25(15-5-20)36-18-27(21-6-10-23(31)11-7-21)33-30(36)34-28(37)19-35(17-26-3-2-16-39-26)29(38)22-8-12-24(32)13-9-22/h4-15,18,26H,2-3,16-17,19H2,1H3,(H,33,34,37)/t26-/m0/s1. The van der Waals surface area contributed by atoms with Crippen LogP contribution in [0.15, 0.2) is 79.0 Å². The number of amides is 2. The molecule has 2 heterocycles. The molecule has 39 heavy (non-hydrogen) atoms. The van der Waals surface area contributed by atoms with Gasteiger partial charge in [-0.15, -0.1) is 0 Å². The Morgan fingerprint density at radius 2 is 1.79 bits per heavy atom. The number of nitrogens with one attached hydrogen (secondary N) is 1. The van der Waals surface area contributed by atoms with Gasteiger partial charge in [0.1, 0.15) is 12.4 Å². The predicted octanol–water partition coefficient (Wildman–Crippen LogP) is 5.90. The third-order valence-electron chi connectivity index (χ3n) is 6.57. The summed E-state index contributed by atoms with van der Waals surface area (Å²) in [7, 11) is 0. The number of halogens is 2. The highest BCUT2D eigenvalue weighted by atomic mass is 35.5. The molecule has 1 N–H and O–H groups in total. The van der Waals surface area contributed by atoms with E-state index >= 15 is 0 Å². The van der Waals surface area contributed by atoms with Crippen molar-refractivity contribution in [3.8, 4) is 16.9 Å². The molecule has 0 spiro atoms. The number of carbonyl (C=O) groups is 2. The lowest BCUT2D eigenvalue weighted by atomic mass is 10.1. The lowest BCUT2D eigenvalue weighted by Gasteiger charge is -2.25. The zero-order valence-corrected chi connectivity index (χ0v) is 22.2. The van der Waals surface area contributed by atoms with E-state index in [1.54, 1.807) is 16.7 Å². The van der Waals surface area contributed by atoms with Crippen LogP contribution in [0.3, 0.4) is 0 Å². The second-order valence-corrected chi connectivity index (χ2v) is 9.97. The van der Waals surface area contributed by atoms with Gasteiger partial charge in [0.05, 0.1) is 11.8 Å². The molecule has 5 rings (SSSR count). The zero-order valence-electron chi connectivity index (χ0n) is 21.4. The first-order valence-corrected chi connectivity index (χ1v) is 13.1. The minimum Gasteiger partial charge on any atom is -0.376 e. The van der Waals surface area contributed by atoms with E-state index in [1.165, 1.54) is 29.2 Å². The maximum Gasteiger partial charge on any atom is 0.254 e. The number of nitrogens with zero attached hydrogens (tertiary/aromatic N) is 3. The molecule has 1 aliphatic rings. The Hall–Kier alpha value is -4.01. The summed E-state index contributed by atoms with van der Waals surface area (Å²) in [6.07, 6.45) is 3.39. The molecule has 0 radical (unpaired) electrons. The zero-order chi connectivity index (χ0) is 27.4. The third kappa shape index (κ3) is 6.53. The van der Waals surface area contributed by atoms with Crippen molar-refractivity contribution < 1.29 is 18.7 Å². The molecule has 200 valence electrons. The first-order chi connectivity index (χ1) is 18.9. The molecule has 1 atom stereocenters. The van der Waals surface area contributed by atoms with E-state index < -0.39 is 11.7 Å². The Labute approximate surface area is 231 Å². The number of imidazole rings is 1. The summed E-state index contributed by atoms with van der Waals surface area (Å²) in [5.74, 6) is -0.899. The van der Waals surface area contributed by atoms with Crippen LogP contribution in [-0.4, -0.2) is 52.1 Å². The number of rotatable bonds is 8. The molecule has 1 aromatic heterocycles. The lowest BCUT2D eigenvalue weighted by molar-refractivity contribution is -0.117. The predicted molar refractivity (Wildman–Crippen MR) is 149 cm³/mol. The smallest absolute Gasteiger partial charge is 0.254 e. The largest absolute Gasteiger partial charge is 0.376 e. The highest BCUT2D eigenvalue weighted by molar-refractivity contribution is 6.30. The molecule has 4 aromatic rings. The van der Waals surface area contributed by atoms with E-state index in [0.717, 1.165) is 29.7 Å². The normalized spacial score (nSPS) is 14.8. The maximum absolute atomic E-state index is 13.5. The topological polar surface area (TPSA) is 76.5 Å². The monoisotopic (exact) mass is 546 g/mol. The Balaban J connectivity index is 1.41. The summed E-state index contributed by atoms with van der Waals surface area (Å²) in [5, 5.41) is 3.50. The van der Waals surface area contributed by atoms with E-state index in [4.69, 9.17) is 21.3 Å². The van der Waals surface area contributed by atoms with E-state index in [0.29, 0.717) is 28.8 Å². The molecule has 1 fully saturated rings. The van der Waals surface area contributed by atoms with Crippen molar-refractivity contribution in [2.75, 3.05) is 25.0 Å². The second-order valence-electron chi connectivity index (χ2n) is 9.54. The van der Waals surface area contributed by atoms with Gasteiger partial charge in [0.15, 0.2) is 0 Å². The minimum absolute atomic E-state index is 0.159. The van der Waals surface area contributed by atoms with Crippen LogP contribution >= 0.6 is 11.6 Å². The summed E-state index contributed by atoms with van der Waals surface area (Å²) in [6.45, 7) is 2.66. The Morgan fingerprint density at radius 1 is 1.08 bits per heavy atom. The van der Waals surface area contributed by atoms with Gasteiger partial charge in [0, 0.05) is 41.2 Å². The number of carbonyl (C=O) groups excluding carboxylic acids is 2. The molecule has 0 saturated carbocycles.